The molecule has 1 heterocycles. The summed E-state index contributed by atoms with van der Waals surface area (Å²) in [7, 11) is 0. The van der Waals surface area contributed by atoms with E-state index in [4.69, 9.17) is 9.72 Å². The van der Waals surface area contributed by atoms with Gasteiger partial charge in [0, 0.05) is 11.1 Å². The Morgan fingerprint density at radius 1 is 1.10 bits per heavy atom. The monoisotopic (exact) mass is 387 g/mol. The summed E-state index contributed by atoms with van der Waals surface area (Å²) in [4.78, 5) is 18.2. The van der Waals surface area contributed by atoms with E-state index in [0.29, 0.717) is 5.92 Å². The predicted octanol–water partition coefficient (Wildman–Crippen LogP) is 6.13. The third kappa shape index (κ3) is 3.91. The maximum Gasteiger partial charge on any atom is 0.339 e. The van der Waals surface area contributed by atoms with E-state index in [1.54, 1.807) is 0 Å². The Labute approximate surface area is 173 Å². The number of nitrogens with zero attached hydrogens (tertiary/aromatic N) is 1. The standard InChI is InChI=1S/C26H29NO2/c1-4-26(2,3)19-14-15-23-21(16-19)24(20-12-8-9-13-22(20)27-23)25(28)29-17-18-10-6-5-7-11-18/h5-13,19H,4,14-17H2,1-3H3. The summed E-state index contributed by atoms with van der Waals surface area (Å²) in [6.07, 6.45) is 4.07. The number of aromatic nitrogens is 1. The van der Waals surface area contributed by atoms with Crippen molar-refractivity contribution in [2.45, 2.75) is 53.1 Å². The molecule has 0 aliphatic heterocycles. The van der Waals surface area contributed by atoms with Crippen LogP contribution in [0.1, 0.15) is 60.8 Å². The first-order valence-corrected chi connectivity index (χ1v) is 10.6. The van der Waals surface area contributed by atoms with E-state index < -0.39 is 0 Å². The van der Waals surface area contributed by atoms with Crippen molar-refractivity contribution in [2.75, 3.05) is 0 Å². The molecule has 0 bridgehead atoms. The van der Waals surface area contributed by atoms with Gasteiger partial charge in [-0.3, -0.25) is 4.98 Å². The molecule has 0 N–H and O–H groups in total. The van der Waals surface area contributed by atoms with Gasteiger partial charge in [0.15, 0.2) is 0 Å². The summed E-state index contributed by atoms with van der Waals surface area (Å²) in [5.41, 5.74) is 5.01. The van der Waals surface area contributed by atoms with Crippen LogP contribution in [-0.4, -0.2) is 11.0 Å². The predicted molar refractivity (Wildman–Crippen MR) is 117 cm³/mol. The van der Waals surface area contributed by atoms with Crippen molar-refractivity contribution in [2.24, 2.45) is 11.3 Å². The summed E-state index contributed by atoms with van der Waals surface area (Å²) in [6, 6.07) is 17.8. The van der Waals surface area contributed by atoms with Gasteiger partial charge in [0.1, 0.15) is 6.61 Å². The number of rotatable bonds is 5. The Hall–Kier alpha value is -2.68. The van der Waals surface area contributed by atoms with Gasteiger partial charge in [0.2, 0.25) is 0 Å². The second-order valence-corrected chi connectivity index (χ2v) is 8.77. The van der Waals surface area contributed by atoms with Crippen LogP contribution in [0.5, 0.6) is 0 Å². The fraction of sp³-hybridized carbons (Fsp3) is 0.385. The summed E-state index contributed by atoms with van der Waals surface area (Å²) >= 11 is 0. The van der Waals surface area contributed by atoms with Gasteiger partial charge in [-0.2, -0.15) is 0 Å². The highest BCUT2D eigenvalue weighted by Gasteiger charge is 2.34. The number of para-hydroxylation sites is 1. The van der Waals surface area contributed by atoms with Gasteiger partial charge in [-0.25, -0.2) is 4.79 Å². The largest absolute Gasteiger partial charge is 0.457 e. The normalized spacial score (nSPS) is 16.4. The molecule has 1 aliphatic rings. The molecule has 1 aliphatic carbocycles. The van der Waals surface area contributed by atoms with Crippen LogP contribution in [0.15, 0.2) is 54.6 Å². The van der Waals surface area contributed by atoms with Crippen LogP contribution < -0.4 is 0 Å². The lowest BCUT2D eigenvalue weighted by atomic mass is 9.68. The first-order chi connectivity index (χ1) is 14.0. The Bertz CT molecular complexity index is 1020. The molecule has 29 heavy (non-hydrogen) atoms. The van der Waals surface area contributed by atoms with Gasteiger partial charge in [-0.15, -0.1) is 0 Å². The van der Waals surface area contributed by atoms with Crippen molar-refractivity contribution in [3.05, 3.63) is 77.0 Å². The molecule has 1 aromatic heterocycles. The molecule has 3 nitrogen and oxygen atoms in total. The van der Waals surface area contributed by atoms with Crippen molar-refractivity contribution < 1.29 is 9.53 Å². The fourth-order valence-electron chi connectivity index (χ4n) is 4.37. The van der Waals surface area contributed by atoms with Crippen molar-refractivity contribution in [1.29, 1.82) is 0 Å². The van der Waals surface area contributed by atoms with E-state index in [0.717, 1.165) is 59.0 Å². The molecule has 2 aromatic carbocycles. The Kier molecular flexibility index (Phi) is 5.40. The molecular formula is C26H29NO2. The number of carbonyl (C=O) groups is 1. The summed E-state index contributed by atoms with van der Waals surface area (Å²) in [5, 5.41) is 0.902. The van der Waals surface area contributed by atoms with E-state index >= 15 is 0 Å². The molecule has 3 heteroatoms. The number of ether oxygens (including phenoxy) is 1. The minimum Gasteiger partial charge on any atom is -0.457 e. The SMILES string of the molecule is CCC(C)(C)C1CCc2nc3ccccc3c(C(=O)OCc3ccccc3)c2C1. The Morgan fingerprint density at radius 3 is 2.59 bits per heavy atom. The minimum atomic E-state index is -0.237. The van der Waals surface area contributed by atoms with Crippen molar-refractivity contribution in [1.82, 2.24) is 4.98 Å². The molecular weight excluding hydrogens is 358 g/mol. The maximum absolute atomic E-state index is 13.3. The van der Waals surface area contributed by atoms with Crippen LogP contribution >= 0.6 is 0 Å². The van der Waals surface area contributed by atoms with Crippen molar-refractivity contribution in [3.63, 3.8) is 0 Å². The smallest absolute Gasteiger partial charge is 0.339 e. The highest BCUT2D eigenvalue weighted by Crippen LogP contribution is 2.41. The van der Waals surface area contributed by atoms with Gasteiger partial charge in [-0.05, 0) is 47.8 Å². The number of esters is 1. The molecule has 0 fully saturated rings. The second kappa shape index (κ2) is 7.98. The molecule has 0 amide bonds. The minimum absolute atomic E-state index is 0.237. The van der Waals surface area contributed by atoms with Crippen molar-refractivity contribution >= 4 is 16.9 Å². The van der Waals surface area contributed by atoms with Crippen molar-refractivity contribution in [3.8, 4) is 0 Å². The third-order valence-corrected chi connectivity index (χ3v) is 6.69. The van der Waals surface area contributed by atoms with Crippen LogP contribution in [0, 0.1) is 11.3 Å². The van der Waals surface area contributed by atoms with Gasteiger partial charge in [0.25, 0.3) is 0 Å². The zero-order valence-corrected chi connectivity index (χ0v) is 17.6. The number of hydrogen-bond donors (Lipinski definition) is 0. The Morgan fingerprint density at radius 2 is 1.83 bits per heavy atom. The maximum atomic E-state index is 13.3. The zero-order chi connectivity index (χ0) is 20.4. The lowest BCUT2D eigenvalue weighted by Gasteiger charge is -2.37. The van der Waals surface area contributed by atoms with Gasteiger partial charge >= 0.3 is 5.97 Å². The number of benzene rings is 2. The highest BCUT2D eigenvalue weighted by atomic mass is 16.5. The molecule has 0 radical (unpaired) electrons. The number of hydrogen-bond acceptors (Lipinski definition) is 3. The molecule has 4 rings (SSSR count). The van der Waals surface area contributed by atoms with Gasteiger partial charge in [0.05, 0.1) is 11.1 Å². The summed E-state index contributed by atoms with van der Waals surface area (Å²) < 4.78 is 5.77. The second-order valence-electron chi connectivity index (χ2n) is 8.77. The molecule has 3 aromatic rings. The van der Waals surface area contributed by atoms with E-state index in [1.165, 1.54) is 0 Å². The van der Waals surface area contributed by atoms with E-state index in [1.807, 2.05) is 54.6 Å². The molecule has 0 saturated heterocycles. The van der Waals surface area contributed by atoms with Gasteiger partial charge in [-0.1, -0.05) is 75.7 Å². The van der Waals surface area contributed by atoms with Crippen LogP contribution in [0.4, 0.5) is 0 Å². The Balaban J connectivity index is 1.73. The van der Waals surface area contributed by atoms with E-state index in [-0.39, 0.29) is 18.0 Å². The summed E-state index contributed by atoms with van der Waals surface area (Å²) in [6.45, 7) is 7.22. The average Bonchev–Trinajstić information content (AvgIpc) is 2.76. The fourth-order valence-corrected chi connectivity index (χ4v) is 4.37. The molecule has 0 saturated carbocycles. The number of carbonyl (C=O) groups excluding carboxylic acids is 1. The molecule has 1 unspecified atom stereocenters. The zero-order valence-electron chi connectivity index (χ0n) is 17.6. The first-order valence-electron chi connectivity index (χ1n) is 10.6. The topological polar surface area (TPSA) is 39.2 Å². The first kappa shape index (κ1) is 19.6. The third-order valence-electron chi connectivity index (χ3n) is 6.69. The quantitative estimate of drug-likeness (QED) is 0.494. The number of pyridine rings is 1. The average molecular weight is 388 g/mol. The van der Waals surface area contributed by atoms with Crippen LogP contribution in [0.25, 0.3) is 10.9 Å². The van der Waals surface area contributed by atoms with Gasteiger partial charge < -0.3 is 4.74 Å². The molecule has 0 spiro atoms. The summed E-state index contributed by atoms with van der Waals surface area (Å²) in [5.74, 6) is 0.308. The lowest BCUT2D eigenvalue weighted by molar-refractivity contribution is 0.0472. The highest BCUT2D eigenvalue weighted by molar-refractivity contribution is 6.05. The van der Waals surface area contributed by atoms with Crippen LogP contribution in [-0.2, 0) is 24.2 Å². The van der Waals surface area contributed by atoms with E-state index in [9.17, 15) is 4.79 Å². The van der Waals surface area contributed by atoms with E-state index in [2.05, 4.69) is 20.8 Å². The molecule has 150 valence electrons. The lowest BCUT2D eigenvalue weighted by Crippen LogP contribution is -2.30. The molecule has 1 atom stereocenters. The van der Waals surface area contributed by atoms with Crippen LogP contribution in [0.3, 0.4) is 0 Å². The number of aryl methyl sites for hydroxylation is 1. The van der Waals surface area contributed by atoms with Crippen LogP contribution in [0.2, 0.25) is 0 Å². The number of fused-ring (bicyclic) bond motifs is 2.